The Morgan fingerprint density at radius 1 is 1.33 bits per heavy atom. The summed E-state index contributed by atoms with van der Waals surface area (Å²) in [6, 6.07) is 7.64. The van der Waals surface area contributed by atoms with Crippen LogP contribution in [-0.4, -0.2) is 41.9 Å². The summed E-state index contributed by atoms with van der Waals surface area (Å²) < 4.78 is 2.01. The fraction of sp³-hybridized carbons (Fsp3) is 0.278. The predicted molar refractivity (Wildman–Crippen MR) is 120 cm³/mol. The molecule has 2 aromatic heterocycles. The van der Waals surface area contributed by atoms with Gasteiger partial charge < -0.3 is 16.0 Å². The Morgan fingerprint density at radius 3 is 2.93 bits per heavy atom. The minimum absolute atomic E-state index is 0. The van der Waals surface area contributed by atoms with Crippen LogP contribution < -0.4 is 16.0 Å². The smallest absolute Gasteiger partial charge is 0.251 e. The van der Waals surface area contributed by atoms with Gasteiger partial charge in [-0.1, -0.05) is 12.1 Å². The number of carbonyl (C=O) groups is 1. The highest BCUT2D eigenvalue weighted by Gasteiger charge is 2.05. The summed E-state index contributed by atoms with van der Waals surface area (Å²) in [5, 5.41) is 11.2. The second-order valence-electron chi connectivity index (χ2n) is 5.71. The van der Waals surface area contributed by atoms with Gasteiger partial charge in [-0.15, -0.1) is 35.3 Å². The van der Waals surface area contributed by atoms with Crippen molar-refractivity contribution in [3.8, 4) is 0 Å². The van der Waals surface area contributed by atoms with Crippen molar-refractivity contribution in [2.45, 2.75) is 13.0 Å². The number of thiazole rings is 1. The summed E-state index contributed by atoms with van der Waals surface area (Å²) in [5.74, 6) is 0.654. The first-order valence-corrected chi connectivity index (χ1v) is 9.24. The number of hydrogen-bond acceptors (Lipinski definition) is 4. The van der Waals surface area contributed by atoms with Gasteiger partial charge in [-0.2, -0.15) is 0 Å². The molecular weight excluding hydrogens is 475 g/mol. The second-order valence-corrected chi connectivity index (χ2v) is 6.58. The number of aliphatic imine (C=N–C) groups is 1. The van der Waals surface area contributed by atoms with E-state index in [9.17, 15) is 4.79 Å². The Hall–Kier alpha value is -2.14. The van der Waals surface area contributed by atoms with Crippen molar-refractivity contribution in [3.63, 3.8) is 0 Å². The number of guanidine groups is 1. The maximum atomic E-state index is 11.7. The molecule has 3 rings (SSSR count). The van der Waals surface area contributed by atoms with Crippen LogP contribution in [0.2, 0.25) is 0 Å². The van der Waals surface area contributed by atoms with Gasteiger partial charge in [-0.05, 0) is 24.1 Å². The van der Waals surface area contributed by atoms with E-state index in [2.05, 4.69) is 25.9 Å². The molecule has 0 radical (unpaired) electrons. The maximum Gasteiger partial charge on any atom is 0.251 e. The Balaban J connectivity index is 0.00000261. The molecule has 144 valence electrons. The number of hydrogen-bond donors (Lipinski definition) is 3. The van der Waals surface area contributed by atoms with Crippen molar-refractivity contribution in [1.82, 2.24) is 25.3 Å². The number of aromatic nitrogens is 2. The molecule has 1 amide bonds. The quantitative estimate of drug-likeness (QED) is 0.277. The van der Waals surface area contributed by atoms with Crippen LogP contribution in [0.4, 0.5) is 0 Å². The molecule has 0 saturated carbocycles. The molecule has 0 unspecified atom stereocenters. The van der Waals surface area contributed by atoms with Gasteiger partial charge in [0, 0.05) is 44.0 Å². The van der Waals surface area contributed by atoms with Crippen molar-refractivity contribution in [2.75, 3.05) is 20.6 Å². The summed E-state index contributed by atoms with van der Waals surface area (Å²) in [6.07, 6.45) is 4.80. The molecule has 3 N–H and O–H groups in total. The molecule has 0 saturated heterocycles. The zero-order valence-electron chi connectivity index (χ0n) is 15.2. The largest absolute Gasteiger partial charge is 0.356 e. The lowest BCUT2D eigenvalue weighted by molar-refractivity contribution is 0.0963. The fourth-order valence-corrected chi connectivity index (χ4v) is 3.31. The number of rotatable bonds is 6. The van der Waals surface area contributed by atoms with E-state index in [0.717, 1.165) is 35.1 Å². The number of nitrogens with zero attached hydrogens (tertiary/aromatic N) is 3. The third-order valence-corrected chi connectivity index (χ3v) is 4.70. The highest BCUT2D eigenvalue weighted by molar-refractivity contribution is 14.0. The Kier molecular flexibility index (Phi) is 8.04. The van der Waals surface area contributed by atoms with Gasteiger partial charge in [0.25, 0.3) is 5.91 Å². The minimum atomic E-state index is -0.0720. The molecule has 0 atom stereocenters. The monoisotopic (exact) mass is 498 g/mol. The molecule has 0 bridgehead atoms. The number of carbonyl (C=O) groups excluding carboxylic acids is 1. The van der Waals surface area contributed by atoms with Crippen LogP contribution in [0.1, 0.15) is 21.6 Å². The molecule has 1 aromatic carbocycles. The number of halogens is 1. The summed E-state index contributed by atoms with van der Waals surface area (Å²) >= 11 is 1.61. The first-order chi connectivity index (χ1) is 12.7. The molecule has 0 aliphatic rings. The minimum Gasteiger partial charge on any atom is -0.356 e. The summed E-state index contributed by atoms with van der Waals surface area (Å²) in [6.45, 7) is 1.33. The third-order valence-electron chi connectivity index (χ3n) is 3.93. The third kappa shape index (κ3) is 5.67. The molecule has 0 aliphatic carbocycles. The fourth-order valence-electron chi connectivity index (χ4n) is 2.59. The van der Waals surface area contributed by atoms with Gasteiger partial charge in [0.05, 0.1) is 12.2 Å². The van der Waals surface area contributed by atoms with E-state index in [1.807, 2.05) is 46.4 Å². The van der Waals surface area contributed by atoms with E-state index in [1.165, 1.54) is 0 Å². The molecule has 3 aromatic rings. The normalized spacial score (nSPS) is 11.1. The zero-order valence-corrected chi connectivity index (χ0v) is 18.4. The van der Waals surface area contributed by atoms with Gasteiger partial charge >= 0.3 is 0 Å². The molecule has 0 fully saturated rings. The number of nitrogens with one attached hydrogen (secondary N) is 3. The standard InChI is InChI=1S/C18H22N6OS.HI/c1-19-16(25)14-5-3-4-13(10-14)6-7-21-17(20-2)22-11-15-12-24-8-9-26-18(24)23-15;/h3-5,8-10,12H,6-7,11H2,1-2H3,(H,19,25)(H2,20,21,22);1H. The Bertz CT molecular complexity index is 891. The highest BCUT2D eigenvalue weighted by atomic mass is 127. The molecule has 0 aliphatic heterocycles. The van der Waals surface area contributed by atoms with Crippen LogP contribution in [0.5, 0.6) is 0 Å². The molecule has 27 heavy (non-hydrogen) atoms. The number of imidazole rings is 1. The van der Waals surface area contributed by atoms with Crippen molar-refractivity contribution >= 4 is 52.1 Å². The van der Waals surface area contributed by atoms with Crippen LogP contribution >= 0.6 is 35.3 Å². The zero-order chi connectivity index (χ0) is 18.4. The van der Waals surface area contributed by atoms with Crippen molar-refractivity contribution in [2.24, 2.45) is 4.99 Å². The molecule has 0 spiro atoms. The summed E-state index contributed by atoms with van der Waals surface area (Å²) in [7, 11) is 3.38. The highest BCUT2D eigenvalue weighted by Crippen LogP contribution is 2.11. The van der Waals surface area contributed by atoms with Crippen molar-refractivity contribution in [3.05, 3.63) is 58.9 Å². The van der Waals surface area contributed by atoms with E-state index >= 15 is 0 Å². The first kappa shape index (κ1) is 21.2. The maximum absolute atomic E-state index is 11.7. The average molecular weight is 498 g/mol. The van der Waals surface area contributed by atoms with Crippen LogP contribution in [0, 0.1) is 0 Å². The average Bonchev–Trinajstić information content (AvgIpc) is 3.25. The molecular formula is C18H23IN6OS. The SMILES string of the molecule is CN=C(NCCc1cccc(C(=O)NC)c1)NCc1cn2ccsc2n1.I. The van der Waals surface area contributed by atoms with Gasteiger partial charge in [0.1, 0.15) is 0 Å². The molecule has 7 nitrogen and oxygen atoms in total. The lowest BCUT2D eigenvalue weighted by atomic mass is 10.1. The van der Waals surface area contributed by atoms with Crippen LogP contribution in [0.25, 0.3) is 4.96 Å². The van der Waals surface area contributed by atoms with E-state index in [1.54, 1.807) is 25.4 Å². The lowest BCUT2D eigenvalue weighted by Gasteiger charge is -2.11. The second kappa shape index (κ2) is 10.3. The van der Waals surface area contributed by atoms with Crippen LogP contribution in [0.15, 0.2) is 47.0 Å². The Labute approximate surface area is 179 Å². The van der Waals surface area contributed by atoms with Crippen LogP contribution in [-0.2, 0) is 13.0 Å². The van der Waals surface area contributed by atoms with Crippen LogP contribution in [0.3, 0.4) is 0 Å². The van der Waals surface area contributed by atoms with Crippen molar-refractivity contribution in [1.29, 1.82) is 0 Å². The molecule has 2 heterocycles. The van der Waals surface area contributed by atoms with Gasteiger partial charge in [0.15, 0.2) is 10.9 Å². The first-order valence-electron chi connectivity index (χ1n) is 8.36. The van der Waals surface area contributed by atoms with Gasteiger partial charge in [0.2, 0.25) is 0 Å². The number of fused-ring (bicyclic) bond motifs is 1. The lowest BCUT2D eigenvalue weighted by Crippen LogP contribution is -2.37. The summed E-state index contributed by atoms with van der Waals surface area (Å²) in [5.41, 5.74) is 2.74. The van der Waals surface area contributed by atoms with E-state index < -0.39 is 0 Å². The number of benzene rings is 1. The van der Waals surface area contributed by atoms with E-state index in [-0.39, 0.29) is 29.9 Å². The number of amides is 1. The van der Waals surface area contributed by atoms with Crippen molar-refractivity contribution < 1.29 is 4.79 Å². The predicted octanol–water partition coefficient (Wildman–Crippen LogP) is 2.28. The summed E-state index contributed by atoms with van der Waals surface area (Å²) in [4.78, 5) is 21.5. The Morgan fingerprint density at radius 2 is 2.19 bits per heavy atom. The van der Waals surface area contributed by atoms with Gasteiger partial charge in [-0.3, -0.25) is 14.2 Å². The van der Waals surface area contributed by atoms with E-state index in [0.29, 0.717) is 12.1 Å². The topological polar surface area (TPSA) is 82.8 Å². The van der Waals surface area contributed by atoms with Gasteiger partial charge in [-0.25, -0.2) is 4.98 Å². The molecule has 9 heteroatoms. The van der Waals surface area contributed by atoms with E-state index in [4.69, 9.17) is 0 Å².